The largest absolute Gasteiger partial charge is 0.324 e. The van der Waals surface area contributed by atoms with E-state index in [-0.39, 0.29) is 23.1 Å². The lowest BCUT2D eigenvalue weighted by Crippen LogP contribution is -2.25. The van der Waals surface area contributed by atoms with Gasteiger partial charge in [-0.25, -0.2) is 0 Å². The van der Waals surface area contributed by atoms with Gasteiger partial charge in [-0.1, -0.05) is 55.4 Å². The summed E-state index contributed by atoms with van der Waals surface area (Å²) in [5.41, 5.74) is 2.22. The van der Waals surface area contributed by atoms with Crippen LogP contribution in [0.2, 0.25) is 5.02 Å². The Hall–Kier alpha value is -2.84. The minimum atomic E-state index is -0.202. The van der Waals surface area contributed by atoms with Gasteiger partial charge in [0.05, 0.1) is 27.4 Å². The topological polar surface area (TPSA) is 81.3 Å². The fraction of sp³-hybridized carbons (Fsp3) is 0.273. The molecule has 0 radical (unpaired) electrons. The summed E-state index contributed by atoms with van der Waals surface area (Å²) in [7, 11) is 0. The molecule has 2 aromatic heterocycles. The molecule has 0 spiro atoms. The van der Waals surface area contributed by atoms with Crippen LogP contribution in [-0.2, 0) is 11.3 Å². The van der Waals surface area contributed by atoms with E-state index in [0.717, 1.165) is 11.1 Å². The van der Waals surface area contributed by atoms with E-state index in [4.69, 9.17) is 11.6 Å². The molecule has 31 heavy (non-hydrogen) atoms. The molecule has 0 aliphatic rings. The standard InChI is InChI=1S/C22H22ClN5O2S/c1-13(2)11-27-20(30)15-6-4-5-7-18(15)28-21(27)25-26-22(28)31-12-19(29)24-17-9-8-14(3)10-16(17)23/h4-10,13H,11-12H2,1-3H3,(H,24,29). The number of carbonyl (C=O) groups is 1. The summed E-state index contributed by atoms with van der Waals surface area (Å²) in [5.74, 6) is 0.664. The summed E-state index contributed by atoms with van der Waals surface area (Å²) in [5, 5.41) is 13.0. The number of aryl methyl sites for hydroxylation is 1. The first-order chi connectivity index (χ1) is 14.8. The average molecular weight is 456 g/mol. The highest BCUT2D eigenvalue weighted by molar-refractivity contribution is 7.99. The van der Waals surface area contributed by atoms with Gasteiger partial charge in [0.2, 0.25) is 11.7 Å². The van der Waals surface area contributed by atoms with Gasteiger partial charge in [0.25, 0.3) is 5.56 Å². The Morgan fingerprint density at radius 2 is 1.97 bits per heavy atom. The number of hydrogen-bond acceptors (Lipinski definition) is 5. The van der Waals surface area contributed by atoms with E-state index in [1.54, 1.807) is 22.8 Å². The normalized spacial score (nSPS) is 11.5. The number of aromatic nitrogens is 4. The van der Waals surface area contributed by atoms with Crippen LogP contribution in [0.25, 0.3) is 16.7 Å². The minimum absolute atomic E-state index is 0.0903. The first-order valence-corrected chi connectivity index (χ1v) is 11.3. The monoisotopic (exact) mass is 455 g/mol. The van der Waals surface area contributed by atoms with Gasteiger partial charge >= 0.3 is 0 Å². The maximum Gasteiger partial charge on any atom is 0.262 e. The highest BCUT2D eigenvalue weighted by Gasteiger charge is 2.18. The Labute approximate surface area is 188 Å². The summed E-state index contributed by atoms with van der Waals surface area (Å²) >= 11 is 7.47. The second-order valence-electron chi connectivity index (χ2n) is 7.76. The number of fused-ring (bicyclic) bond motifs is 3. The molecule has 4 rings (SSSR count). The second kappa shape index (κ2) is 8.72. The molecule has 2 aromatic carbocycles. The quantitative estimate of drug-likeness (QED) is 0.436. The maximum absolute atomic E-state index is 13.0. The van der Waals surface area contributed by atoms with Gasteiger partial charge in [-0.2, -0.15) is 0 Å². The molecule has 0 atom stereocenters. The Morgan fingerprint density at radius 3 is 2.71 bits per heavy atom. The molecular formula is C22H22ClN5O2S. The highest BCUT2D eigenvalue weighted by atomic mass is 35.5. The van der Waals surface area contributed by atoms with Gasteiger partial charge in [-0.15, -0.1) is 10.2 Å². The molecule has 0 saturated heterocycles. The van der Waals surface area contributed by atoms with E-state index in [1.165, 1.54) is 11.8 Å². The second-order valence-corrected chi connectivity index (χ2v) is 9.11. The maximum atomic E-state index is 13.0. The van der Waals surface area contributed by atoms with Crippen molar-refractivity contribution in [1.82, 2.24) is 19.2 Å². The molecule has 7 nitrogen and oxygen atoms in total. The van der Waals surface area contributed by atoms with Crippen molar-refractivity contribution in [2.24, 2.45) is 5.92 Å². The molecule has 1 N–H and O–H groups in total. The molecule has 0 saturated carbocycles. The van der Waals surface area contributed by atoms with Crippen LogP contribution in [-0.4, -0.2) is 30.8 Å². The Morgan fingerprint density at radius 1 is 1.19 bits per heavy atom. The van der Waals surface area contributed by atoms with Crippen LogP contribution in [0.5, 0.6) is 0 Å². The van der Waals surface area contributed by atoms with Crippen LogP contribution in [0.15, 0.2) is 52.4 Å². The summed E-state index contributed by atoms with van der Waals surface area (Å²) in [6, 6.07) is 12.8. The van der Waals surface area contributed by atoms with Crippen molar-refractivity contribution in [2.45, 2.75) is 32.5 Å². The number of nitrogens with zero attached hydrogens (tertiary/aromatic N) is 4. The predicted octanol–water partition coefficient (Wildman–Crippen LogP) is 4.39. The van der Waals surface area contributed by atoms with Gasteiger partial charge in [0, 0.05) is 6.54 Å². The number of para-hydroxylation sites is 1. The fourth-order valence-corrected chi connectivity index (χ4v) is 4.42. The van der Waals surface area contributed by atoms with Gasteiger partial charge in [-0.3, -0.25) is 18.6 Å². The van der Waals surface area contributed by atoms with E-state index in [1.807, 2.05) is 49.4 Å². The van der Waals surface area contributed by atoms with Crippen molar-refractivity contribution < 1.29 is 4.79 Å². The molecule has 0 bridgehead atoms. The molecule has 2 heterocycles. The molecular weight excluding hydrogens is 434 g/mol. The highest BCUT2D eigenvalue weighted by Crippen LogP contribution is 2.25. The van der Waals surface area contributed by atoms with Gasteiger partial charge in [0.1, 0.15) is 0 Å². The number of amides is 1. The molecule has 0 fully saturated rings. The van der Waals surface area contributed by atoms with Crippen molar-refractivity contribution in [3.63, 3.8) is 0 Å². The summed E-state index contributed by atoms with van der Waals surface area (Å²) < 4.78 is 3.49. The Kier molecular flexibility index (Phi) is 6.02. The summed E-state index contributed by atoms with van der Waals surface area (Å²) in [6.45, 7) is 6.56. The number of carbonyl (C=O) groups excluding carboxylic acids is 1. The first-order valence-electron chi connectivity index (χ1n) is 9.90. The molecule has 0 aliphatic heterocycles. The van der Waals surface area contributed by atoms with Crippen molar-refractivity contribution in [1.29, 1.82) is 0 Å². The average Bonchev–Trinajstić information content (AvgIpc) is 3.15. The Bertz CT molecular complexity index is 1350. The molecule has 160 valence electrons. The lowest BCUT2D eigenvalue weighted by atomic mass is 10.2. The van der Waals surface area contributed by atoms with E-state index < -0.39 is 0 Å². The zero-order chi connectivity index (χ0) is 22.1. The van der Waals surface area contributed by atoms with Gasteiger partial charge in [-0.05, 0) is 42.7 Å². The number of nitrogens with one attached hydrogen (secondary N) is 1. The van der Waals surface area contributed by atoms with E-state index >= 15 is 0 Å². The number of halogens is 1. The van der Waals surface area contributed by atoms with E-state index in [0.29, 0.717) is 33.6 Å². The van der Waals surface area contributed by atoms with Crippen molar-refractivity contribution in [3.05, 3.63) is 63.4 Å². The van der Waals surface area contributed by atoms with Crippen LogP contribution in [0.1, 0.15) is 19.4 Å². The number of thioether (sulfide) groups is 1. The molecule has 4 aromatic rings. The lowest BCUT2D eigenvalue weighted by molar-refractivity contribution is -0.113. The number of hydrogen-bond donors (Lipinski definition) is 1. The zero-order valence-corrected chi connectivity index (χ0v) is 19.0. The molecule has 0 aliphatic carbocycles. The smallest absolute Gasteiger partial charge is 0.262 e. The molecule has 1 amide bonds. The number of benzene rings is 2. The number of rotatable bonds is 6. The summed E-state index contributed by atoms with van der Waals surface area (Å²) in [4.78, 5) is 25.5. The van der Waals surface area contributed by atoms with Crippen LogP contribution in [0.3, 0.4) is 0 Å². The van der Waals surface area contributed by atoms with Crippen LogP contribution in [0.4, 0.5) is 5.69 Å². The predicted molar refractivity (Wildman–Crippen MR) is 125 cm³/mol. The third-order valence-corrected chi connectivity index (χ3v) is 6.00. The first kappa shape index (κ1) is 21.4. The van der Waals surface area contributed by atoms with Gasteiger partial charge in [0.15, 0.2) is 5.16 Å². The van der Waals surface area contributed by atoms with Gasteiger partial charge < -0.3 is 5.32 Å². The van der Waals surface area contributed by atoms with Crippen molar-refractivity contribution >= 4 is 51.6 Å². The fourth-order valence-electron chi connectivity index (χ4n) is 3.39. The molecule has 9 heteroatoms. The van der Waals surface area contributed by atoms with E-state index in [2.05, 4.69) is 15.5 Å². The van der Waals surface area contributed by atoms with Crippen molar-refractivity contribution in [3.8, 4) is 0 Å². The number of anilines is 1. The van der Waals surface area contributed by atoms with Crippen LogP contribution >= 0.6 is 23.4 Å². The Balaban J connectivity index is 1.66. The van der Waals surface area contributed by atoms with E-state index in [9.17, 15) is 9.59 Å². The zero-order valence-electron chi connectivity index (χ0n) is 17.4. The third kappa shape index (κ3) is 4.31. The van der Waals surface area contributed by atoms with Crippen LogP contribution < -0.4 is 10.9 Å². The summed E-state index contributed by atoms with van der Waals surface area (Å²) in [6.07, 6.45) is 0. The minimum Gasteiger partial charge on any atom is -0.324 e. The van der Waals surface area contributed by atoms with Crippen LogP contribution in [0, 0.1) is 12.8 Å². The molecule has 0 unspecified atom stereocenters. The van der Waals surface area contributed by atoms with Crippen molar-refractivity contribution in [2.75, 3.05) is 11.1 Å². The third-order valence-electron chi connectivity index (χ3n) is 4.76. The lowest BCUT2D eigenvalue weighted by Gasteiger charge is -2.13. The SMILES string of the molecule is Cc1ccc(NC(=O)CSc2nnc3n(CC(C)C)c(=O)c4ccccc4n23)c(Cl)c1.